The number of rotatable bonds is 9. The highest BCUT2D eigenvalue weighted by atomic mass is 16.5. The molecule has 1 N–H and O–H groups in total. The molecular formula is C24H31N5O3. The third-order valence-electron chi connectivity index (χ3n) is 5.89. The van der Waals surface area contributed by atoms with Crippen LogP contribution in [-0.4, -0.2) is 66.1 Å². The molecule has 8 heteroatoms. The molecule has 0 saturated carbocycles. The lowest BCUT2D eigenvalue weighted by Crippen LogP contribution is -2.47. The molecule has 3 aromatic rings. The van der Waals surface area contributed by atoms with Crippen LogP contribution in [0, 0.1) is 0 Å². The molecule has 32 heavy (non-hydrogen) atoms. The Morgan fingerprint density at radius 3 is 2.47 bits per heavy atom. The SMILES string of the molecule is CCOc1ccccc1Cn1c(CCN2CCN(c3ccccc3OC)CC2)n[nH]c1=O. The van der Waals surface area contributed by atoms with Gasteiger partial charge in [0.1, 0.15) is 17.3 Å². The average molecular weight is 438 g/mol. The summed E-state index contributed by atoms with van der Waals surface area (Å²) in [5, 5.41) is 6.90. The number of hydrogen-bond acceptors (Lipinski definition) is 6. The summed E-state index contributed by atoms with van der Waals surface area (Å²) in [7, 11) is 1.71. The fourth-order valence-electron chi connectivity index (χ4n) is 4.17. The van der Waals surface area contributed by atoms with Crippen molar-refractivity contribution in [1.82, 2.24) is 19.7 Å². The molecule has 0 unspecified atom stereocenters. The normalized spacial score (nSPS) is 14.5. The minimum Gasteiger partial charge on any atom is -0.495 e. The van der Waals surface area contributed by atoms with Crippen molar-refractivity contribution in [2.75, 3.05) is 51.3 Å². The van der Waals surface area contributed by atoms with Gasteiger partial charge in [0.2, 0.25) is 0 Å². The maximum absolute atomic E-state index is 12.4. The maximum atomic E-state index is 12.4. The Morgan fingerprint density at radius 1 is 1.00 bits per heavy atom. The molecule has 0 spiro atoms. The molecule has 1 aromatic heterocycles. The lowest BCUT2D eigenvalue weighted by atomic mass is 10.2. The summed E-state index contributed by atoms with van der Waals surface area (Å²) in [5.74, 6) is 2.49. The number of benzene rings is 2. The number of anilines is 1. The first-order chi connectivity index (χ1) is 15.7. The van der Waals surface area contributed by atoms with Crippen molar-refractivity contribution in [2.45, 2.75) is 19.9 Å². The second kappa shape index (κ2) is 10.4. The van der Waals surface area contributed by atoms with Crippen molar-refractivity contribution in [3.05, 3.63) is 70.4 Å². The van der Waals surface area contributed by atoms with Crippen LogP contribution in [0.25, 0.3) is 0 Å². The lowest BCUT2D eigenvalue weighted by molar-refractivity contribution is 0.257. The van der Waals surface area contributed by atoms with Gasteiger partial charge in [-0.25, -0.2) is 9.89 Å². The van der Waals surface area contributed by atoms with E-state index in [1.807, 2.05) is 49.4 Å². The number of aromatic amines is 1. The number of nitrogens with one attached hydrogen (secondary N) is 1. The number of H-pyrrole nitrogens is 1. The Morgan fingerprint density at radius 2 is 1.72 bits per heavy atom. The zero-order valence-corrected chi connectivity index (χ0v) is 18.8. The van der Waals surface area contributed by atoms with Crippen LogP contribution >= 0.6 is 0 Å². The molecule has 8 nitrogen and oxygen atoms in total. The van der Waals surface area contributed by atoms with Gasteiger partial charge in [0.05, 0.1) is 25.9 Å². The summed E-state index contributed by atoms with van der Waals surface area (Å²) in [4.78, 5) is 17.2. The van der Waals surface area contributed by atoms with E-state index in [1.165, 1.54) is 0 Å². The molecular weight excluding hydrogens is 406 g/mol. The minimum absolute atomic E-state index is 0.188. The second-order valence-electron chi connectivity index (χ2n) is 7.82. The highest BCUT2D eigenvalue weighted by Gasteiger charge is 2.20. The number of hydrogen-bond donors (Lipinski definition) is 1. The zero-order chi connectivity index (χ0) is 22.3. The predicted octanol–water partition coefficient (Wildman–Crippen LogP) is 2.39. The van der Waals surface area contributed by atoms with E-state index in [-0.39, 0.29) is 5.69 Å². The molecule has 0 atom stereocenters. The van der Waals surface area contributed by atoms with Crippen molar-refractivity contribution in [2.24, 2.45) is 0 Å². The quantitative estimate of drug-likeness (QED) is 0.554. The summed E-state index contributed by atoms with van der Waals surface area (Å²) in [5.41, 5.74) is 1.93. The zero-order valence-electron chi connectivity index (χ0n) is 18.8. The van der Waals surface area contributed by atoms with E-state index in [0.29, 0.717) is 19.6 Å². The van der Waals surface area contributed by atoms with Crippen LogP contribution in [0.15, 0.2) is 53.3 Å². The van der Waals surface area contributed by atoms with Crippen LogP contribution in [0.4, 0.5) is 5.69 Å². The largest absolute Gasteiger partial charge is 0.495 e. The first-order valence-corrected chi connectivity index (χ1v) is 11.1. The van der Waals surface area contributed by atoms with Gasteiger partial charge in [-0.1, -0.05) is 30.3 Å². The van der Waals surface area contributed by atoms with Crippen LogP contribution in [0.5, 0.6) is 11.5 Å². The van der Waals surface area contributed by atoms with Gasteiger partial charge in [-0.15, -0.1) is 0 Å². The Balaban J connectivity index is 1.36. The van der Waals surface area contributed by atoms with Crippen molar-refractivity contribution in [1.29, 1.82) is 0 Å². The number of para-hydroxylation sites is 3. The molecule has 2 heterocycles. The summed E-state index contributed by atoms with van der Waals surface area (Å²) in [6.45, 7) is 7.65. The lowest BCUT2D eigenvalue weighted by Gasteiger charge is -2.36. The molecule has 0 radical (unpaired) electrons. The maximum Gasteiger partial charge on any atom is 0.343 e. The van der Waals surface area contributed by atoms with Gasteiger partial charge in [0, 0.05) is 44.7 Å². The van der Waals surface area contributed by atoms with Crippen molar-refractivity contribution >= 4 is 5.69 Å². The Bertz CT molecular complexity index is 1070. The Labute approximate surface area is 188 Å². The van der Waals surface area contributed by atoms with Crippen LogP contribution in [0.1, 0.15) is 18.3 Å². The number of ether oxygens (including phenoxy) is 2. The van der Waals surface area contributed by atoms with Crippen LogP contribution in [-0.2, 0) is 13.0 Å². The van der Waals surface area contributed by atoms with Gasteiger partial charge in [-0.3, -0.25) is 9.47 Å². The number of piperazine rings is 1. The molecule has 1 fully saturated rings. The van der Waals surface area contributed by atoms with E-state index >= 15 is 0 Å². The van der Waals surface area contributed by atoms with E-state index < -0.39 is 0 Å². The molecule has 0 aliphatic carbocycles. The molecule has 1 aliphatic heterocycles. The van der Waals surface area contributed by atoms with E-state index in [2.05, 4.69) is 26.1 Å². The van der Waals surface area contributed by atoms with Crippen molar-refractivity contribution in [3.63, 3.8) is 0 Å². The third kappa shape index (κ3) is 4.96. The second-order valence-corrected chi connectivity index (χ2v) is 7.82. The van der Waals surface area contributed by atoms with Crippen molar-refractivity contribution < 1.29 is 9.47 Å². The Hall–Kier alpha value is -3.26. The van der Waals surface area contributed by atoms with E-state index in [4.69, 9.17) is 9.47 Å². The van der Waals surface area contributed by atoms with Crippen LogP contribution < -0.4 is 20.1 Å². The topological polar surface area (TPSA) is 75.6 Å². The number of aromatic nitrogens is 3. The average Bonchev–Trinajstić information content (AvgIpc) is 3.18. The van der Waals surface area contributed by atoms with E-state index in [1.54, 1.807) is 11.7 Å². The van der Waals surface area contributed by atoms with Gasteiger partial charge in [-0.2, -0.15) is 5.10 Å². The van der Waals surface area contributed by atoms with E-state index in [9.17, 15) is 4.79 Å². The minimum atomic E-state index is -0.188. The smallest absolute Gasteiger partial charge is 0.343 e. The summed E-state index contributed by atoms with van der Waals surface area (Å²) >= 11 is 0. The van der Waals surface area contributed by atoms with E-state index in [0.717, 1.165) is 61.3 Å². The van der Waals surface area contributed by atoms with Gasteiger partial charge >= 0.3 is 5.69 Å². The summed E-state index contributed by atoms with van der Waals surface area (Å²) in [6.07, 6.45) is 0.712. The van der Waals surface area contributed by atoms with Crippen LogP contribution in [0.2, 0.25) is 0 Å². The molecule has 4 rings (SSSR count). The number of nitrogens with zero attached hydrogens (tertiary/aromatic N) is 4. The fourth-order valence-corrected chi connectivity index (χ4v) is 4.17. The molecule has 1 aliphatic rings. The first-order valence-electron chi connectivity index (χ1n) is 11.1. The summed E-state index contributed by atoms with van der Waals surface area (Å²) in [6, 6.07) is 16.0. The Kier molecular flexibility index (Phi) is 7.11. The first kappa shape index (κ1) is 22.0. The van der Waals surface area contributed by atoms with Gasteiger partial charge in [-0.05, 0) is 25.1 Å². The number of methoxy groups -OCH3 is 1. The molecule has 2 aromatic carbocycles. The summed E-state index contributed by atoms with van der Waals surface area (Å²) < 4.78 is 12.9. The standard InChI is InChI=1S/C24H31N5O3/c1-3-32-21-10-6-4-8-19(21)18-29-23(25-26-24(29)30)12-13-27-14-16-28(17-15-27)20-9-5-7-11-22(20)31-2/h4-11H,3,12-18H2,1-2H3,(H,26,30). The van der Waals surface area contributed by atoms with Gasteiger partial charge < -0.3 is 14.4 Å². The third-order valence-corrected chi connectivity index (χ3v) is 5.89. The highest BCUT2D eigenvalue weighted by molar-refractivity contribution is 5.58. The fraction of sp³-hybridized carbons (Fsp3) is 0.417. The predicted molar refractivity (Wildman–Crippen MR) is 125 cm³/mol. The monoisotopic (exact) mass is 437 g/mol. The van der Waals surface area contributed by atoms with Gasteiger partial charge in [0.25, 0.3) is 0 Å². The van der Waals surface area contributed by atoms with Gasteiger partial charge in [0.15, 0.2) is 0 Å². The highest BCUT2D eigenvalue weighted by Crippen LogP contribution is 2.28. The molecule has 0 amide bonds. The van der Waals surface area contributed by atoms with Crippen molar-refractivity contribution in [3.8, 4) is 11.5 Å². The molecule has 1 saturated heterocycles. The molecule has 0 bridgehead atoms. The van der Waals surface area contributed by atoms with Crippen LogP contribution in [0.3, 0.4) is 0 Å². The molecule has 170 valence electrons.